The third-order valence-electron chi connectivity index (χ3n) is 2.62. The Labute approximate surface area is 116 Å². The van der Waals surface area contributed by atoms with E-state index in [1.165, 1.54) is 0 Å². The summed E-state index contributed by atoms with van der Waals surface area (Å²) in [5.74, 6) is 7.89. The van der Waals surface area contributed by atoms with Crippen molar-refractivity contribution in [1.29, 1.82) is 0 Å². The summed E-state index contributed by atoms with van der Waals surface area (Å²) in [4.78, 5) is 18.5. The van der Waals surface area contributed by atoms with Crippen LogP contribution in [-0.4, -0.2) is 34.0 Å². The Hall–Kier alpha value is -2.42. The maximum atomic E-state index is 5.47. The lowest BCUT2D eigenvalue weighted by atomic mass is 10.4. The molecular weight excluding hydrogens is 260 g/mol. The Morgan fingerprint density at radius 2 is 1.80 bits per heavy atom. The number of oxazole rings is 1. The minimum Gasteiger partial charge on any atom is -0.444 e. The monoisotopic (exact) mass is 278 g/mol. The van der Waals surface area contributed by atoms with Crippen molar-refractivity contribution < 1.29 is 4.42 Å². The molecule has 0 fully saturated rings. The van der Waals surface area contributed by atoms with Crippen molar-refractivity contribution in [2.45, 2.75) is 20.4 Å². The average molecular weight is 278 g/mol. The molecule has 0 radical (unpaired) electrons. The molecule has 2 heterocycles. The lowest BCUT2D eigenvalue weighted by molar-refractivity contribution is 0.478. The number of anilines is 3. The molecule has 20 heavy (non-hydrogen) atoms. The van der Waals surface area contributed by atoms with Crippen LogP contribution >= 0.6 is 0 Å². The molecular formula is C11H18N8O. The van der Waals surface area contributed by atoms with Gasteiger partial charge in [0.25, 0.3) is 0 Å². The van der Waals surface area contributed by atoms with Crippen molar-refractivity contribution >= 4 is 17.8 Å². The van der Waals surface area contributed by atoms with E-state index < -0.39 is 0 Å². The number of aromatic nitrogens is 4. The summed E-state index contributed by atoms with van der Waals surface area (Å²) in [6.45, 7) is 4.15. The Morgan fingerprint density at radius 1 is 1.10 bits per heavy atom. The third-order valence-corrected chi connectivity index (χ3v) is 2.62. The average Bonchev–Trinajstić information content (AvgIpc) is 2.75. The first-order valence-corrected chi connectivity index (χ1v) is 6.06. The Bertz CT molecular complexity index is 575. The van der Waals surface area contributed by atoms with Crippen LogP contribution in [0.25, 0.3) is 0 Å². The highest BCUT2D eigenvalue weighted by Crippen LogP contribution is 2.13. The van der Waals surface area contributed by atoms with Gasteiger partial charge in [0.2, 0.25) is 23.7 Å². The minimum absolute atomic E-state index is 0.283. The van der Waals surface area contributed by atoms with Gasteiger partial charge in [-0.1, -0.05) is 0 Å². The van der Waals surface area contributed by atoms with Crippen LogP contribution in [0, 0.1) is 13.8 Å². The zero-order valence-electron chi connectivity index (χ0n) is 11.9. The highest BCUT2D eigenvalue weighted by Gasteiger charge is 2.09. The first kappa shape index (κ1) is 14.0. The molecule has 0 saturated heterocycles. The minimum atomic E-state index is 0.283. The van der Waals surface area contributed by atoms with Gasteiger partial charge in [-0.15, -0.1) is 0 Å². The van der Waals surface area contributed by atoms with Crippen LogP contribution in [0.15, 0.2) is 4.42 Å². The van der Waals surface area contributed by atoms with E-state index in [0.29, 0.717) is 24.3 Å². The van der Waals surface area contributed by atoms with E-state index >= 15 is 0 Å². The molecule has 0 atom stereocenters. The summed E-state index contributed by atoms with van der Waals surface area (Å²) in [6.07, 6.45) is 0. The fourth-order valence-corrected chi connectivity index (χ4v) is 1.48. The molecule has 0 bridgehead atoms. The van der Waals surface area contributed by atoms with Crippen molar-refractivity contribution in [3.63, 3.8) is 0 Å². The molecule has 9 nitrogen and oxygen atoms in total. The molecule has 4 N–H and O–H groups in total. The summed E-state index contributed by atoms with van der Waals surface area (Å²) in [5.41, 5.74) is 3.28. The number of nitrogens with zero attached hydrogens (tertiary/aromatic N) is 5. The van der Waals surface area contributed by atoms with Crippen molar-refractivity contribution in [2.24, 2.45) is 5.84 Å². The van der Waals surface area contributed by atoms with Gasteiger partial charge in [0.15, 0.2) is 0 Å². The third kappa shape index (κ3) is 3.12. The molecule has 0 aliphatic rings. The molecule has 2 rings (SSSR count). The van der Waals surface area contributed by atoms with Gasteiger partial charge in [-0.05, 0) is 13.8 Å². The van der Waals surface area contributed by atoms with Crippen molar-refractivity contribution in [3.05, 3.63) is 17.3 Å². The summed E-state index contributed by atoms with van der Waals surface area (Å²) in [5, 5.41) is 3.03. The summed E-state index contributed by atoms with van der Waals surface area (Å²) < 4.78 is 5.47. The first-order chi connectivity index (χ1) is 9.49. The summed E-state index contributed by atoms with van der Waals surface area (Å²) >= 11 is 0. The maximum absolute atomic E-state index is 5.47. The lowest BCUT2D eigenvalue weighted by Crippen LogP contribution is -2.19. The van der Waals surface area contributed by atoms with Crippen LogP contribution in [0.1, 0.15) is 17.3 Å². The number of nitrogen functional groups attached to an aromatic ring is 1. The van der Waals surface area contributed by atoms with Crippen LogP contribution in [-0.2, 0) is 6.54 Å². The van der Waals surface area contributed by atoms with Gasteiger partial charge in [0, 0.05) is 14.1 Å². The van der Waals surface area contributed by atoms with Crippen LogP contribution < -0.4 is 21.5 Å². The molecule has 2 aromatic heterocycles. The Balaban J connectivity index is 2.14. The summed E-state index contributed by atoms with van der Waals surface area (Å²) in [6, 6.07) is 0. The van der Waals surface area contributed by atoms with Gasteiger partial charge in [-0.3, -0.25) is 5.43 Å². The normalized spacial score (nSPS) is 10.4. The molecule has 0 aliphatic heterocycles. The number of hydrazine groups is 1. The van der Waals surface area contributed by atoms with Gasteiger partial charge in [-0.25, -0.2) is 10.8 Å². The maximum Gasteiger partial charge on any atom is 0.243 e. The molecule has 0 unspecified atom stereocenters. The molecule has 0 amide bonds. The molecule has 0 aliphatic carbocycles. The van der Waals surface area contributed by atoms with Gasteiger partial charge in [-0.2, -0.15) is 15.0 Å². The zero-order chi connectivity index (χ0) is 14.7. The highest BCUT2D eigenvalue weighted by atomic mass is 16.4. The van der Waals surface area contributed by atoms with Gasteiger partial charge >= 0.3 is 0 Å². The predicted molar refractivity (Wildman–Crippen MR) is 75.3 cm³/mol. The van der Waals surface area contributed by atoms with Gasteiger partial charge in [0.1, 0.15) is 5.76 Å². The zero-order valence-corrected chi connectivity index (χ0v) is 11.9. The number of rotatable bonds is 5. The number of nitrogens with one attached hydrogen (secondary N) is 2. The standard InChI is InChI=1S/C11H18N8O/c1-6-7(2)20-8(14-6)5-13-9-15-10(18-12)17-11(16-9)19(3)4/h5,12H2,1-4H3,(H2,13,15,16,17,18). The van der Waals surface area contributed by atoms with Crippen LogP contribution in [0.5, 0.6) is 0 Å². The van der Waals surface area contributed by atoms with E-state index in [9.17, 15) is 0 Å². The topological polar surface area (TPSA) is 118 Å². The lowest BCUT2D eigenvalue weighted by Gasteiger charge is -2.12. The molecule has 9 heteroatoms. The van der Waals surface area contributed by atoms with Crippen molar-refractivity contribution in [3.8, 4) is 0 Å². The molecule has 2 aromatic rings. The van der Waals surface area contributed by atoms with Crippen LogP contribution in [0.3, 0.4) is 0 Å². The second-order valence-corrected chi connectivity index (χ2v) is 4.42. The van der Waals surface area contributed by atoms with E-state index in [-0.39, 0.29) is 5.95 Å². The van der Waals surface area contributed by atoms with E-state index in [2.05, 4.69) is 30.7 Å². The van der Waals surface area contributed by atoms with E-state index in [1.807, 2.05) is 27.9 Å². The fourth-order valence-electron chi connectivity index (χ4n) is 1.48. The second kappa shape index (κ2) is 5.70. The smallest absolute Gasteiger partial charge is 0.243 e. The molecule has 108 valence electrons. The largest absolute Gasteiger partial charge is 0.444 e. The first-order valence-electron chi connectivity index (χ1n) is 6.06. The second-order valence-electron chi connectivity index (χ2n) is 4.42. The van der Waals surface area contributed by atoms with Crippen molar-refractivity contribution in [1.82, 2.24) is 19.9 Å². The van der Waals surface area contributed by atoms with E-state index in [0.717, 1.165) is 11.5 Å². The number of nitrogens with two attached hydrogens (primary N) is 1. The Kier molecular flexibility index (Phi) is 3.99. The predicted octanol–water partition coefficient (Wildman–Crippen LogP) is 0.440. The van der Waals surface area contributed by atoms with Crippen LogP contribution in [0.4, 0.5) is 17.8 Å². The SMILES string of the molecule is Cc1nc(CNc2nc(NN)nc(N(C)C)n2)oc1C. The Morgan fingerprint density at radius 3 is 2.35 bits per heavy atom. The quantitative estimate of drug-likeness (QED) is 0.528. The molecule has 0 spiro atoms. The van der Waals surface area contributed by atoms with Gasteiger partial charge in [0.05, 0.1) is 12.2 Å². The number of hydrogen-bond acceptors (Lipinski definition) is 9. The summed E-state index contributed by atoms with van der Waals surface area (Å²) in [7, 11) is 3.67. The van der Waals surface area contributed by atoms with E-state index in [4.69, 9.17) is 10.3 Å². The van der Waals surface area contributed by atoms with Crippen LogP contribution in [0.2, 0.25) is 0 Å². The molecule has 0 saturated carbocycles. The van der Waals surface area contributed by atoms with E-state index in [1.54, 1.807) is 4.90 Å². The van der Waals surface area contributed by atoms with Crippen molar-refractivity contribution in [2.75, 3.05) is 29.7 Å². The van der Waals surface area contributed by atoms with Gasteiger partial charge < -0.3 is 14.6 Å². The fraction of sp³-hybridized carbons (Fsp3) is 0.455. The highest BCUT2D eigenvalue weighted by molar-refractivity contribution is 5.42. The molecule has 0 aromatic carbocycles. The number of hydrogen-bond donors (Lipinski definition) is 3. The number of aryl methyl sites for hydroxylation is 2.